The first-order valence-electron chi connectivity index (χ1n) is 5.85. The van der Waals surface area contributed by atoms with Crippen molar-refractivity contribution in [1.29, 1.82) is 0 Å². The summed E-state index contributed by atoms with van der Waals surface area (Å²) in [4.78, 5) is 12.4. The molecule has 0 atom stereocenters. The molecule has 2 aromatic carbocycles. The highest BCUT2D eigenvalue weighted by Crippen LogP contribution is 2.31. The van der Waals surface area contributed by atoms with E-state index in [0.29, 0.717) is 0 Å². The molecule has 0 aromatic heterocycles. The number of hydrogen-bond donors (Lipinski definition) is 1. The van der Waals surface area contributed by atoms with Crippen LogP contribution in [0.25, 0.3) is 0 Å². The van der Waals surface area contributed by atoms with Gasteiger partial charge in [0, 0.05) is 28.5 Å². The number of non-ortho nitro benzene ring substituents is 1. The Hall–Kier alpha value is -1.85. The van der Waals surface area contributed by atoms with E-state index in [4.69, 9.17) is 0 Å². The summed E-state index contributed by atoms with van der Waals surface area (Å²) >= 11 is 1.61. The van der Waals surface area contributed by atoms with Crippen molar-refractivity contribution in [2.24, 2.45) is 0 Å². The van der Waals surface area contributed by atoms with Crippen LogP contribution in [0.5, 0.6) is 0 Å². The second-order valence-corrected chi connectivity index (χ2v) is 5.11. The number of nitro groups is 1. The highest BCUT2D eigenvalue weighted by atomic mass is 32.2. The van der Waals surface area contributed by atoms with E-state index in [-0.39, 0.29) is 10.6 Å². The summed E-state index contributed by atoms with van der Waals surface area (Å²) in [5.74, 6) is 0. The maximum atomic E-state index is 10.6. The van der Waals surface area contributed by atoms with Crippen molar-refractivity contribution in [3.63, 3.8) is 0 Å². The molecule has 0 aliphatic rings. The molecular weight excluding hydrogens is 260 g/mol. The van der Waals surface area contributed by atoms with E-state index in [0.717, 1.165) is 16.3 Å². The summed E-state index contributed by atoms with van der Waals surface area (Å²) in [6.07, 6.45) is 0. The zero-order chi connectivity index (χ0) is 13.7. The van der Waals surface area contributed by atoms with Crippen LogP contribution in [0.3, 0.4) is 0 Å². The predicted octanol–water partition coefficient (Wildman–Crippen LogP) is 3.47. The maximum absolute atomic E-state index is 10.6. The van der Waals surface area contributed by atoms with E-state index in [2.05, 4.69) is 17.4 Å². The van der Waals surface area contributed by atoms with Crippen molar-refractivity contribution in [1.82, 2.24) is 5.32 Å². The molecule has 0 aliphatic heterocycles. The number of rotatable bonds is 5. The van der Waals surface area contributed by atoms with Gasteiger partial charge in [0.05, 0.1) is 4.92 Å². The zero-order valence-corrected chi connectivity index (χ0v) is 11.3. The van der Waals surface area contributed by atoms with Crippen molar-refractivity contribution < 1.29 is 4.92 Å². The monoisotopic (exact) mass is 274 g/mol. The Morgan fingerprint density at radius 1 is 1.16 bits per heavy atom. The van der Waals surface area contributed by atoms with Crippen molar-refractivity contribution in [3.8, 4) is 0 Å². The van der Waals surface area contributed by atoms with Gasteiger partial charge in [0.25, 0.3) is 5.69 Å². The van der Waals surface area contributed by atoms with Crippen LogP contribution in [-0.2, 0) is 6.54 Å². The Labute approximate surface area is 116 Å². The maximum Gasteiger partial charge on any atom is 0.269 e. The van der Waals surface area contributed by atoms with E-state index < -0.39 is 0 Å². The lowest BCUT2D eigenvalue weighted by atomic mass is 10.2. The molecule has 0 unspecified atom stereocenters. The topological polar surface area (TPSA) is 55.2 Å². The van der Waals surface area contributed by atoms with Crippen LogP contribution >= 0.6 is 11.8 Å². The highest BCUT2D eigenvalue weighted by Gasteiger charge is 2.06. The molecule has 19 heavy (non-hydrogen) atoms. The van der Waals surface area contributed by atoms with Crippen molar-refractivity contribution in [2.75, 3.05) is 7.05 Å². The molecule has 0 bridgehead atoms. The molecule has 98 valence electrons. The minimum Gasteiger partial charge on any atom is -0.316 e. The number of nitrogens with zero attached hydrogens (tertiary/aromatic N) is 1. The summed E-state index contributed by atoms with van der Waals surface area (Å²) in [5.41, 5.74) is 1.33. The zero-order valence-electron chi connectivity index (χ0n) is 10.5. The largest absolute Gasteiger partial charge is 0.316 e. The van der Waals surface area contributed by atoms with Gasteiger partial charge < -0.3 is 5.32 Å². The first-order valence-corrected chi connectivity index (χ1v) is 6.67. The van der Waals surface area contributed by atoms with Gasteiger partial charge in [0.15, 0.2) is 0 Å². The van der Waals surface area contributed by atoms with Crippen LogP contribution in [0.2, 0.25) is 0 Å². The summed E-state index contributed by atoms with van der Waals surface area (Å²) in [6.45, 7) is 0.802. The second-order valence-electron chi connectivity index (χ2n) is 3.99. The molecule has 0 saturated heterocycles. The van der Waals surface area contributed by atoms with Gasteiger partial charge in [-0.05, 0) is 30.8 Å². The van der Waals surface area contributed by atoms with Gasteiger partial charge in [-0.3, -0.25) is 10.1 Å². The number of hydrogen-bond acceptors (Lipinski definition) is 4. The second kappa shape index (κ2) is 6.36. The quantitative estimate of drug-likeness (QED) is 0.670. The fourth-order valence-electron chi connectivity index (χ4n) is 1.70. The van der Waals surface area contributed by atoms with Gasteiger partial charge >= 0.3 is 0 Å². The average Bonchev–Trinajstić information content (AvgIpc) is 2.42. The summed E-state index contributed by atoms with van der Waals surface area (Å²) in [7, 11) is 1.91. The molecule has 0 amide bonds. The molecule has 1 N–H and O–H groups in total. The summed E-state index contributed by atoms with van der Waals surface area (Å²) in [6, 6.07) is 14.7. The number of benzene rings is 2. The first-order chi connectivity index (χ1) is 9.20. The van der Waals surface area contributed by atoms with E-state index in [1.807, 2.05) is 19.2 Å². The van der Waals surface area contributed by atoms with Gasteiger partial charge in [0.1, 0.15) is 0 Å². The molecule has 2 aromatic rings. The normalized spacial score (nSPS) is 10.4. The molecular formula is C14H14N2O2S. The molecule has 5 heteroatoms. The Morgan fingerprint density at radius 3 is 2.47 bits per heavy atom. The van der Waals surface area contributed by atoms with Crippen LogP contribution in [0, 0.1) is 10.1 Å². The summed E-state index contributed by atoms with van der Waals surface area (Å²) in [5, 5.41) is 13.7. The molecule has 0 spiro atoms. The lowest BCUT2D eigenvalue weighted by Gasteiger charge is -2.08. The van der Waals surface area contributed by atoms with E-state index in [1.165, 1.54) is 17.7 Å². The molecule has 0 radical (unpaired) electrons. The van der Waals surface area contributed by atoms with Crippen LogP contribution in [0.4, 0.5) is 5.69 Å². The van der Waals surface area contributed by atoms with E-state index in [9.17, 15) is 10.1 Å². The fourth-order valence-corrected chi connectivity index (χ4v) is 2.65. The average molecular weight is 274 g/mol. The third kappa shape index (κ3) is 3.56. The van der Waals surface area contributed by atoms with Gasteiger partial charge in [-0.1, -0.05) is 30.0 Å². The van der Waals surface area contributed by atoms with Gasteiger partial charge in [-0.25, -0.2) is 0 Å². The van der Waals surface area contributed by atoms with Gasteiger partial charge in [0.2, 0.25) is 0 Å². The van der Waals surface area contributed by atoms with Gasteiger partial charge in [-0.15, -0.1) is 0 Å². The predicted molar refractivity (Wildman–Crippen MR) is 76.4 cm³/mol. The molecule has 0 heterocycles. The summed E-state index contributed by atoms with van der Waals surface area (Å²) < 4.78 is 0. The van der Waals surface area contributed by atoms with Crippen molar-refractivity contribution in [3.05, 3.63) is 64.2 Å². The third-order valence-corrected chi connectivity index (χ3v) is 3.74. The Balaban J connectivity index is 2.19. The first kappa shape index (κ1) is 13.6. The SMILES string of the molecule is CNCc1ccccc1Sc1ccc([N+](=O)[O-])cc1. The standard InChI is InChI=1S/C14H14N2O2S/c1-15-10-11-4-2-3-5-14(11)19-13-8-6-12(7-9-13)16(17)18/h2-9,15H,10H2,1H3. The number of nitro benzene ring substituents is 1. The van der Waals surface area contributed by atoms with Crippen molar-refractivity contribution in [2.45, 2.75) is 16.3 Å². The van der Waals surface area contributed by atoms with Crippen LogP contribution in [0.15, 0.2) is 58.3 Å². The Bertz CT molecular complexity index is 570. The molecule has 2 rings (SSSR count). The minimum atomic E-state index is -0.386. The minimum absolute atomic E-state index is 0.118. The van der Waals surface area contributed by atoms with Crippen molar-refractivity contribution >= 4 is 17.4 Å². The molecule has 0 saturated carbocycles. The van der Waals surface area contributed by atoms with Crippen LogP contribution in [0.1, 0.15) is 5.56 Å². The van der Waals surface area contributed by atoms with E-state index in [1.54, 1.807) is 23.9 Å². The third-order valence-electron chi connectivity index (χ3n) is 2.62. The Kier molecular flexibility index (Phi) is 4.54. The van der Waals surface area contributed by atoms with Crippen LogP contribution < -0.4 is 5.32 Å². The van der Waals surface area contributed by atoms with Crippen LogP contribution in [-0.4, -0.2) is 12.0 Å². The fraction of sp³-hybridized carbons (Fsp3) is 0.143. The lowest BCUT2D eigenvalue weighted by Crippen LogP contribution is -2.05. The molecule has 4 nitrogen and oxygen atoms in total. The highest BCUT2D eigenvalue weighted by molar-refractivity contribution is 7.99. The molecule has 0 aliphatic carbocycles. The van der Waals surface area contributed by atoms with Gasteiger partial charge in [-0.2, -0.15) is 0 Å². The molecule has 0 fully saturated rings. The van der Waals surface area contributed by atoms with E-state index >= 15 is 0 Å². The number of nitrogens with one attached hydrogen (secondary N) is 1. The Morgan fingerprint density at radius 2 is 1.84 bits per heavy atom. The lowest BCUT2D eigenvalue weighted by molar-refractivity contribution is -0.384. The smallest absolute Gasteiger partial charge is 0.269 e.